The Labute approximate surface area is 169 Å². The fourth-order valence-electron chi connectivity index (χ4n) is 3.35. The Balaban J connectivity index is 1.59. The molecule has 3 rings (SSSR count). The highest BCUT2D eigenvalue weighted by atomic mass is 16.5. The van der Waals surface area contributed by atoms with Gasteiger partial charge in [-0.15, -0.1) is 0 Å². The molecule has 2 amide bonds. The minimum atomic E-state index is -1.02. The van der Waals surface area contributed by atoms with Crippen molar-refractivity contribution in [3.8, 4) is 5.75 Å². The number of piperazine rings is 1. The second kappa shape index (κ2) is 9.23. The largest absolute Gasteiger partial charge is 0.493 e. The lowest BCUT2D eigenvalue weighted by molar-refractivity contribution is -0.131. The Hall–Kier alpha value is -3.35. The van der Waals surface area contributed by atoms with Crippen LogP contribution in [0.5, 0.6) is 5.75 Å². The molecule has 152 valence electrons. The Morgan fingerprint density at radius 2 is 1.66 bits per heavy atom. The molecule has 0 aromatic heterocycles. The van der Waals surface area contributed by atoms with Crippen molar-refractivity contribution >= 4 is 17.8 Å². The highest BCUT2D eigenvalue weighted by molar-refractivity contribution is 5.97. The number of carbonyl (C=O) groups is 3. The van der Waals surface area contributed by atoms with Crippen molar-refractivity contribution in [3.05, 3.63) is 65.2 Å². The van der Waals surface area contributed by atoms with E-state index in [0.29, 0.717) is 49.7 Å². The lowest BCUT2D eigenvalue weighted by Gasteiger charge is -2.35. The van der Waals surface area contributed by atoms with Crippen LogP contribution in [0.2, 0.25) is 0 Å². The lowest BCUT2D eigenvalue weighted by Crippen LogP contribution is -2.51. The van der Waals surface area contributed by atoms with E-state index in [9.17, 15) is 14.4 Å². The number of hydrogen-bond donors (Lipinski definition) is 1. The number of amides is 2. The van der Waals surface area contributed by atoms with Crippen LogP contribution in [0.1, 0.15) is 33.2 Å². The third-order valence-electron chi connectivity index (χ3n) is 4.87. The molecule has 1 aliphatic rings. The first kappa shape index (κ1) is 20.4. The number of nitrogens with zero attached hydrogens (tertiary/aromatic N) is 2. The SMILES string of the molecule is CCOc1ccccc1C(=O)N1CCN(C(=O)Cc2cccc(C(=O)O)c2)CC1. The summed E-state index contributed by atoms with van der Waals surface area (Å²) in [5, 5.41) is 9.08. The molecule has 0 atom stereocenters. The number of benzene rings is 2. The molecule has 7 nitrogen and oxygen atoms in total. The molecule has 2 aromatic carbocycles. The lowest BCUT2D eigenvalue weighted by atomic mass is 10.1. The van der Waals surface area contributed by atoms with E-state index in [4.69, 9.17) is 9.84 Å². The van der Waals surface area contributed by atoms with Gasteiger partial charge in [0.2, 0.25) is 5.91 Å². The van der Waals surface area contributed by atoms with Gasteiger partial charge in [-0.3, -0.25) is 9.59 Å². The molecule has 0 radical (unpaired) electrons. The zero-order chi connectivity index (χ0) is 20.8. The van der Waals surface area contributed by atoms with Gasteiger partial charge in [-0.2, -0.15) is 0 Å². The third kappa shape index (κ3) is 4.93. The van der Waals surface area contributed by atoms with Crippen LogP contribution in [0, 0.1) is 0 Å². The summed E-state index contributed by atoms with van der Waals surface area (Å²) < 4.78 is 5.55. The van der Waals surface area contributed by atoms with E-state index < -0.39 is 5.97 Å². The van der Waals surface area contributed by atoms with Gasteiger partial charge in [-0.1, -0.05) is 24.3 Å². The van der Waals surface area contributed by atoms with Crippen LogP contribution in [-0.2, 0) is 11.2 Å². The van der Waals surface area contributed by atoms with Crippen LogP contribution in [0.4, 0.5) is 0 Å². The van der Waals surface area contributed by atoms with Crippen molar-refractivity contribution in [3.63, 3.8) is 0 Å². The molecular formula is C22H24N2O5. The monoisotopic (exact) mass is 396 g/mol. The molecular weight excluding hydrogens is 372 g/mol. The first-order chi connectivity index (χ1) is 14.0. The number of rotatable bonds is 6. The quantitative estimate of drug-likeness (QED) is 0.810. The van der Waals surface area contributed by atoms with Crippen molar-refractivity contribution in [2.45, 2.75) is 13.3 Å². The van der Waals surface area contributed by atoms with Gasteiger partial charge in [0.25, 0.3) is 5.91 Å². The molecule has 0 bridgehead atoms. The number of hydrogen-bond acceptors (Lipinski definition) is 4. The highest BCUT2D eigenvalue weighted by Crippen LogP contribution is 2.21. The average molecular weight is 396 g/mol. The van der Waals surface area contributed by atoms with Gasteiger partial charge >= 0.3 is 5.97 Å². The molecule has 0 unspecified atom stereocenters. The van der Waals surface area contributed by atoms with E-state index in [2.05, 4.69) is 0 Å². The summed E-state index contributed by atoms with van der Waals surface area (Å²) in [6, 6.07) is 13.6. The maximum atomic E-state index is 12.9. The smallest absolute Gasteiger partial charge is 0.335 e. The molecule has 0 saturated carbocycles. The van der Waals surface area contributed by atoms with Crippen LogP contribution in [0.25, 0.3) is 0 Å². The summed E-state index contributed by atoms with van der Waals surface area (Å²) in [6.45, 7) is 4.13. The molecule has 1 fully saturated rings. The van der Waals surface area contributed by atoms with Crippen LogP contribution >= 0.6 is 0 Å². The normalized spacial score (nSPS) is 13.8. The van der Waals surface area contributed by atoms with Gasteiger partial charge in [-0.05, 0) is 36.8 Å². The summed E-state index contributed by atoms with van der Waals surface area (Å²) in [7, 11) is 0. The maximum Gasteiger partial charge on any atom is 0.335 e. The standard InChI is InChI=1S/C22H24N2O5/c1-2-29-19-9-4-3-8-18(19)21(26)24-12-10-23(11-13-24)20(25)15-16-6-5-7-17(14-16)22(27)28/h3-9,14H,2,10-13,15H2,1H3,(H,27,28). The van der Waals surface area contributed by atoms with Crippen molar-refractivity contribution in [1.29, 1.82) is 0 Å². The molecule has 0 aliphatic carbocycles. The van der Waals surface area contributed by atoms with E-state index in [1.54, 1.807) is 40.1 Å². The van der Waals surface area contributed by atoms with E-state index in [-0.39, 0.29) is 23.8 Å². The van der Waals surface area contributed by atoms with E-state index in [1.807, 2.05) is 13.0 Å². The summed E-state index contributed by atoms with van der Waals surface area (Å²) in [5.74, 6) is -0.625. The molecule has 2 aromatic rings. The predicted octanol–water partition coefficient (Wildman–Crippen LogP) is 2.31. The zero-order valence-corrected chi connectivity index (χ0v) is 16.3. The first-order valence-electron chi connectivity index (χ1n) is 9.60. The molecule has 0 spiro atoms. The fraction of sp³-hybridized carbons (Fsp3) is 0.318. The van der Waals surface area contributed by atoms with Gasteiger partial charge in [0.15, 0.2) is 0 Å². The Bertz CT molecular complexity index is 904. The number of ether oxygens (including phenoxy) is 1. The molecule has 7 heteroatoms. The number of carboxylic acids is 1. The van der Waals surface area contributed by atoms with Crippen LogP contribution < -0.4 is 4.74 Å². The van der Waals surface area contributed by atoms with Gasteiger partial charge in [0, 0.05) is 26.2 Å². The summed E-state index contributed by atoms with van der Waals surface area (Å²) in [4.78, 5) is 40.0. The number of para-hydroxylation sites is 1. The molecule has 1 saturated heterocycles. The summed E-state index contributed by atoms with van der Waals surface area (Å²) >= 11 is 0. The number of carbonyl (C=O) groups excluding carboxylic acids is 2. The van der Waals surface area contributed by atoms with Crippen molar-refractivity contribution < 1.29 is 24.2 Å². The maximum absolute atomic E-state index is 12.9. The second-order valence-corrected chi connectivity index (χ2v) is 6.78. The first-order valence-corrected chi connectivity index (χ1v) is 9.60. The molecule has 1 heterocycles. The molecule has 29 heavy (non-hydrogen) atoms. The van der Waals surface area contributed by atoms with Crippen LogP contribution in [0.15, 0.2) is 48.5 Å². The summed E-state index contributed by atoms with van der Waals surface area (Å²) in [5.41, 5.74) is 1.36. The van der Waals surface area contributed by atoms with Crippen LogP contribution in [0.3, 0.4) is 0 Å². The van der Waals surface area contributed by atoms with E-state index in [1.165, 1.54) is 12.1 Å². The van der Waals surface area contributed by atoms with Gasteiger partial charge in [-0.25, -0.2) is 4.79 Å². The zero-order valence-electron chi connectivity index (χ0n) is 16.3. The Morgan fingerprint density at radius 1 is 0.966 bits per heavy atom. The van der Waals surface area contributed by atoms with Gasteiger partial charge < -0.3 is 19.6 Å². The Kier molecular flexibility index (Phi) is 6.49. The van der Waals surface area contributed by atoms with Gasteiger partial charge in [0.1, 0.15) is 5.75 Å². The van der Waals surface area contributed by atoms with Crippen molar-refractivity contribution in [2.75, 3.05) is 32.8 Å². The minimum Gasteiger partial charge on any atom is -0.493 e. The fourth-order valence-corrected chi connectivity index (χ4v) is 3.35. The highest BCUT2D eigenvalue weighted by Gasteiger charge is 2.26. The van der Waals surface area contributed by atoms with Crippen molar-refractivity contribution in [2.24, 2.45) is 0 Å². The van der Waals surface area contributed by atoms with Gasteiger partial charge in [0.05, 0.1) is 24.2 Å². The number of aromatic carboxylic acids is 1. The predicted molar refractivity (Wildman–Crippen MR) is 107 cm³/mol. The third-order valence-corrected chi connectivity index (χ3v) is 4.87. The second-order valence-electron chi connectivity index (χ2n) is 6.78. The average Bonchev–Trinajstić information content (AvgIpc) is 2.74. The van der Waals surface area contributed by atoms with E-state index in [0.717, 1.165) is 0 Å². The number of carboxylic acid groups (broad SMARTS) is 1. The van der Waals surface area contributed by atoms with Crippen LogP contribution in [-0.4, -0.2) is 65.5 Å². The minimum absolute atomic E-state index is 0.0747. The Morgan fingerprint density at radius 3 is 2.34 bits per heavy atom. The van der Waals surface area contributed by atoms with Crippen molar-refractivity contribution in [1.82, 2.24) is 9.80 Å². The molecule has 1 N–H and O–H groups in total. The summed E-state index contributed by atoms with van der Waals surface area (Å²) in [6.07, 6.45) is 0.141. The van der Waals surface area contributed by atoms with E-state index >= 15 is 0 Å². The molecule has 1 aliphatic heterocycles. The topological polar surface area (TPSA) is 87.2 Å².